The lowest BCUT2D eigenvalue weighted by atomic mass is 10.00. The smallest absolute Gasteiger partial charge is 0.242 e. The quantitative estimate of drug-likeness (QED) is 0.199. The zero-order valence-corrected chi connectivity index (χ0v) is 25.4. The predicted molar refractivity (Wildman–Crippen MR) is 165 cm³/mol. The molecule has 3 N–H and O–H groups in total. The van der Waals surface area contributed by atoms with Crippen LogP contribution in [-0.2, 0) is 29.2 Å². The van der Waals surface area contributed by atoms with E-state index >= 15 is 0 Å². The molecule has 3 aromatic rings. The lowest BCUT2D eigenvalue weighted by Gasteiger charge is -2.30. The SMILES string of the molecule is CC(C)C[C@@H](C(=O)NC(Cc1ccc(OCc2ccccc2)cc1)C(=O)NCCCn1ccnc1)N(C)CC[C@@H](C)O. The summed E-state index contributed by atoms with van der Waals surface area (Å²) in [6, 6.07) is 16.5. The van der Waals surface area contributed by atoms with Crippen LogP contribution in [-0.4, -0.2) is 69.7 Å². The summed E-state index contributed by atoms with van der Waals surface area (Å²) in [6.45, 7) is 8.18. The summed E-state index contributed by atoms with van der Waals surface area (Å²) < 4.78 is 7.88. The van der Waals surface area contributed by atoms with Crippen LogP contribution in [0.15, 0.2) is 73.3 Å². The Hall–Kier alpha value is -3.69. The van der Waals surface area contributed by atoms with Gasteiger partial charge in [-0.1, -0.05) is 56.3 Å². The normalized spacial score (nSPS) is 13.5. The Kier molecular flexibility index (Phi) is 13.5. The number of carbonyl (C=O) groups excluding carboxylic acids is 2. The average molecular weight is 578 g/mol. The number of nitrogens with zero attached hydrogens (tertiary/aromatic N) is 3. The Labute approximate surface area is 250 Å². The fraction of sp³-hybridized carbons (Fsp3) is 0.485. The Morgan fingerprint density at radius 1 is 1.02 bits per heavy atom. The molecule has 0 saturated heterocycles. The van der Waals surface area contributed by atoms with E-state index in [0.29, 0.717) is 39.0 Å². The van der Waals surface area contributed by atoms with Gasteiger partial charge in [0.25, 0.3) is 0 Å². The minimum Gasteiger partial charge on any atom is -0.489 e. The second-order valence-corrected chi connectivity index (χ2v) is 11.4. The molecular weight excluding hydrogens is 530 g/mol. The molecular formula is C33H47N5O4. The van der Waals surface area contributed by atoms with E-state index in [0.717, 1.165) is 29.8 Å². The molecule has 3 atom stereocenters. The molecule has 3 rings (SSSR count). The number of benzene rings is 2. The number of aromatic nitrogens is 2. The van der Waals surface area contributed by atoms with Crippen molar-refractivity contribution in [1.29, 1.82) is 0 Å². The van der Waals surface area contributed by atoms with Gasteiger partial charge in [0.05, 0.1) is 18.5 Å². The maximum atomic E-state index is 13.6. The highest BCUT2D eigenvalue weighted by Gasteiger charge is 2.29. The van der Waals surface area contributed by atoms with Gasteiger partial charge in [-0.25, -0.2) is 4.98 Å². The molecule has 0 radical (unpaired) electrons. The van der Waals surface area contributed by atoms with Crippen molar-refractivity contribution in [1.82, 2.24) is 25.1 Å². The first kappa shape index (κ1) is 32.8. The summed E-state index contributed by atoms with van der Waals surface area (Å²) in [5.74, 6) is 0.629. The number of amides is 2. The number of hydrogen-bond donors (Lipinski definition) is 3. The molecule has 9 nitrogen and oxygen atoms in total. The minimum atomic E-state index is -0.735. The van der Waals surface area contributed by atoms with Gasteiger partial charge in [-0.2, -0.15) is 0 Å². The van der Waals surface area contributed by atoms with Crippen molar-refractivity contribution in [3.63, 3.8) is 0 Å². The van der Waals surface area contributed by atoms with E-state index in [4.69, 9.17) is 4.74 Å². The largest absolute Gasteiger partial charge is 0.489 e. The molecule has 0 bridgehead atoms. The molecule has 2 amide bonds. The summed E-state index contributed by atoms with van der Waals surface area (Å²) in [4.78, 5) is 33.0. The van der Waals surface area contributed by atoms with E-state index in [1.165, 1.54) is 0 Å². The van der Waals surface area contributed by atoms with Gasteiger partial charge in [-0.15, -0.1) is 0 Å². The first-order chi connectivity index (χ1) is 20.2. The molecule has 0 fully saturated rings. The summed E-state index contributed by atoms with van der Waals surface area (Å²) in [7, 11) is 1.90. The number of nitrogens with one attached hydrogen (secondary N) is 2. The van der Waals surface area contributed by atoms with Crippen molar-refractivity contribution >= 4 is 11.8 Å². The van der Waals surface area contributed by atoms with Crippen molar-refractivity contribution < 1.29 is 19.4 Å². The van der Waals surface area contributed by atoms with Crippen molar-refractivity contribution in [2.24, 2.45) is 5.92 Å². The van der Waals surface area contributed by atoms with Gasteiger partial charge < -0.3 is 25.0 Å². The maximum Gasteiger partial charge on any atom is 0.242 e. The fourth-order valence-corrected chi connectivity index (χ4v) is 4.67. The molecule has 228 valence electrons. The van der Waals surface area contributed by atoms with Gasteiger partial charge in [-0.3, -0.25) is 14.5 Å². The third-order valence-electron chi connectivity index (χ3n) is 7.12. The number of aryl methyl sites for hydroxylation is 1. The zero-order chi connectivity index (χ0) is 30.3. The molecule has 42 heavy (non-hydrogen) atoms. The van der Waals surface area contributed by atoms with Crippen molar-refractivity contribution in [3.8, 4) is 5.75 Å². The van der Waals surface area contributed by atoms with E-state index in [9.17, 15) is 14.7 Å². The van der Waals surface area contributed by atoms with Gasteiger partial charge in [0.15, 0.2) is 0 Å². The molecule has 1 unspecified atom stereocenters. The standard InChI is InChI=1S/C33H47N5O4/c1-25(2)21-31(37(4)19-15-26(3)39)33(41)36-30(32(40)35-16-8-18-38-20-17-34-24-38)22-27-11-13-29(14-12-27)42-23-28-9-6-5-7-10-28/h5-7,9-14,17,20,24-26,30-31,39H,8,15-16,18-19,21-23H2,1-4H3,(H,35,40)(H,36,41)/t26-,30?,31+/m1/s1. The zero-order valence-electron chi connectivity index (χ0n) is 25.4. The Morgan fingerprint density at radius 2 is 1.76 bits per heavy atom. The summed E-state index contributed by atoms with van der Waals surface area (Å²) in [5, 5.41) is 15.8. The van der Waals surface area contributed by atoms with Crippen molar-refractivity contribution in [3.05, 3.63) is 84.4 Å². The number of hydrogen-bond acceptors (Lipinski definition) is 6. The number of rotatable bonds is 18. The van der Waals surface area contributed by atoms with E-state index in [2.05, 4.69) is 29.5 Å². The van der Waals surface area contributed by atoms with Crippen LogP contribution in [0.5, 0.6) is 5.75 Å². The van der Waals surface area contributed by atoms with Crippen LogP contribution >= 0.6 is 0 Å². The highest BCUT2D eigenvalue weighted by molar-refractivity contribution is 5.90. The lowest BCUT2D eigenvalue weighted by Crippen LogP contribution is -2.54. The molecule has 0 aliphatic carbocycles. The molecule has 0 saturated carbocycles. The third kappa shape index (κ3) is 11.7. The van der Waals surface area contributed by atoms with Crippen molar-refractivity contribution in [2.75, 3.05) is 20.1 Å². The number of aliphatic hydroxyl groups is 1. The van der Waals surface area contributed by atoms with Crippen LogP contribution < -0.4 is 15.4 Å². The summed E-state index contributed by atoms with van der Waals surface area (Å²) in [6.07, 6.45) is 7.23. The lowest BCUT2D eigenvalue weighted by molar-refractivity contribution is -0.132. The Morgan fingerprint density at radius 3 is 2.40 bits per heavy atom. The maximum absolute atomic E-state index is 13.6. The fourth-order valence-electron chi connectivity index (χ4n) is 4.67. The second kappa shape index (κ2) is 17.3. The van der Waals surface area contributed by atoms with Gasteiger partial charge >= 0.3 is 0 Å². The topological polar surface area (TPSA) is 109 Å². The van der Waals surface area contributed by atoms with Gasteiger partial charge in [-0.05, 0) is 62.4 Å². The number of likely N-dealkylation sites (N-methyl/N-ethyl adjacent to an activating group) is 1. The van der Waals surface area contributed by atoms with Gasteiger partial charge in [0.2, 0.25) is 11.8 Å². The number of imidazole rings is 1. The van der Waals surface area contributed by atoms with Crippen LogP contribution in [0.3, 0.4) is 0 Å². The first-order valence-electron chi connectivity index (χ1n) is 14.9. The number of ether oxygens (including phenoxy) is 1. The number of aliphatic hydroxyl groups excluding tert-OH is 1. The Balaban J connectivity index is 1.67. The minimum absolute atomic E-state index is 0.182. The predicted octanol–water partition coefficient (Wildman–Crippen LogP) is 3.81. The van der Waals surface area contributed by atoms with Gasteiger partial charge in [0.1, 0.15) is 18.4 Å². The molecule has 0 aliphatic heterocycles. The highest BCUT2D eigenvalue weighted by atomic mass is 16.5. The molecule has 1 heterocycles. The van der Waals surface area contributed by atoms with Crippen LogP contribution in [0.1, 0.15) is 51.2 Å². The van der Waals surface area contributed by atoms with E-state index in [1.54, 1.807) is 19.4 Å². The Bertz CT molecular complexity index is 1180. The molecule has 9 heteroatoms. The second-order valence-electron chi connectivity index (χ2n) is 11.4. The van der Waals surface area contributed by atoms with E-state index in [-0.39, 0.29) is 17.7 Å². The molecule has 1 aromatic heterocycles. The third-order valence-corrected chi connectivity index (χ3v) is 7.12. The van der Waals surface area contributed by atoms with E-state index < -0.39 is 18.2 Å². The van der Waals surface area contributed by atoms with Crippen LogP contribution in [0.4, 0.5) is 0 Å². The molecule has 0 aliphatic rings. The average Bonchev–Trinajstić information content (AvgIpc) is 3.50. The highest BCUT2D eigenvalue weighted by Crippen LogP contribution is 2.17. The molecule has 0 spiro atoms. The van der Waals surface area contributed by atoms with Crippen molar-refractivity contribution in [2.45, 2.75) is 77.8 Å². The van der Waals surface area contributed by atoms with Crippen LogP contribution in [0.2, 0.25) is 0 Å². The van der Waals surface area contributed by atoms with E-state index in [1.807, 2.05) is 77.3 Å². The monoisotopic (exact) mass is 577 g/mol. The van der Waals surface area contributed by atoms with Crippen LogP contribution in [0, 0.1) is 5.92 Å². The first-order valence-corrected chi connectivity index (χ1v) is 14.9. The summed E-state index contributed by atoms with van der Waals surface area (Å²) >= 11 is 0. The number of carbonyl (C=O) groups is 2. The van der Waals surface area contributed by atoms with Gasteiger partial charge in [0, 0.05) is 38.4 Å². The summed E-state index contributed by atoms with van der Waals surface area (Å²) in [5.41, 5.74) is 2.01. The molecule has 2 aromatic carbocycles. The van der Waals surface area contributed by atoms with Crippen LogP contribution in [0.25, 0.3) is 0 Å².